The molecule has 0 aliphatic heterocycles. The molecule has 36 heavy (non-hydrogen) atoms. The zero-order valence-electron chi connectivity index (χ0n) is 19.2. The highest BCUT2D eigenvalue weighted by atomic mass is 35.5. The van der Waals surface area contributed by atoms with Crippen LogP contribution in [-0.2, 0) is 17.1 Å². The quantitative estimate of drug-likeness (QED) is 0.376. The molecule has 0 aromatic heterocycles. The average molecular weight is 555 g/mol. The number of rotatable bonds is 2. The van der Waals surface area contributed by atoms with Crippen molar-refractivity contribution in [3.63, 3.8) is 0 Å². The van der Waals surface area contributed by atoms with E-state index in [1.54, 1.807) is 6.07 Å². The van der Waals surface area contributed by atoms with E-state index in [0.29, 0.717) is 30.4 Å². The number of carbonyl (C=O) groups excluding carboxylic acids is 1. The highest BCUT2D eigenvalue weighted by Crippen LogP contribution is 2.40. The van der Waals surface area contributed by atoms with Crippen LogP contribution in [0.4, 0.5) is 26.3 Å². The number of carbonyl (C=O) groups is 1. The van der Waals surface area contributed by atoms with E-state index in [4.69, 9.17) is 23.2 Å². The molecule has 2 aliphatic carbocycles. The summed E-state index contributed by atoms with van der Waals surface area (Å²) < 4.78 is 76.4. The zero-order valence-corrected chi connectivity index (χ0v) is 20.7. The Balaban J connectivity index is 0.000000201. The summed E-state index contributed by atoms with van der Waals surface area (Å²) >= 11 is 11.1. The van der Waals surface area contributed by atoms with E-state index < -0.39 is 35.5 Å². The van der Waals surface area contributed by atoms with E-state index in [-0.39, 0.29) is 21.7 Å². The average Bonchev–Trinajstić information content (AvgIpc) is 2.80. The molecule has 198 valence electrons. The molecule has 2 aromatic rings. The number of benzene rings is 2. The zero-order chi connectivity index (χ0) is 26.7. The maximum atomic E-state index is 12.7. The summed E-state index contributed by atoms with van der Waals surface area (Å²) in [6.07, 6.45) is -3.47. The van der Waals surface area contributed by atoms with Gasteiger partial charge in [0.2, 0.25) is 0 Å². The Morgan fingerprint density at radius 2 is 1.22 bits per heavy atom. The van der Waals surface area contributed by atoms with Crippen molar-refractivity contribution in [1.82, 2.24) is 0 Å². The second-order valence-electron chi connectivity index (χ2n) is 9.20. The van der Waals surface area contributed by atoms with Crippen LogP contribution in [0, 0.1) is 0 Å². The molecule has 2 aromatic carbocycles. The van der Waals surface area contributed by atoms with Crippen LogP contribution in [0.3, 0.4) is 0 Å². The summed E-state index contributed by atoms with van der Waals surface area (Å²) in [6, 6.07) is 7.67. The first-order chi connectivity index (χ1) is 16.8. The van der Waals surface area contributed by atoms with Crippen LogP contribution < -0.4 is 0 Å². The van der Waals surface area contributed by atoms with Crippen LogP contribution in [0.15, 0.2) is 36.4 Å². The Kier molecular flexibility index (Phi) is 9.39. The lowest BCUT2D eigenvalue weighted by atomic mass is 9.81. The second-order valence-corrected chi connectivity index (χ2v) is 10.0. The molecule has 2 nitrogen and oxygen atoms in total. The minimum atomic E-state index is -4.48. The van der Waals surface area contributed by atoms with E-state index in [9.17, 15) is 36.2 Å². The molecule has 2 saturated carbocycles. The molecule has 0 amide bonds. The van der Waals surface area contributed by atoms with E-state index in [2.05, 4.69) is 0 Å². The lowest BCUT2D eigenvalue weighted by Crippen LogP contribution is -2.23. The number of aliphatic hydroxyl groups excluding tert-OH is 1. The molecule has 3 unspecified atom stereocenters. The van der Waals surface area contributed by atoms with E-state index >= 15 is 0 Å². The lowest BCUT2D eigenvalue weighted by Gasteiger charge is -2.28. The van der Waals surface area contributed by atoms with Gasteiger partial charge in [0.15, 0.2) is 0 Å². The van der Waals surface area contributed by atoms with Crippen molar-refractivity contribution in [3.05, 3.63) is 68.7 Å². The number of alkyl halides is 6. The van der Waals surface area contributed by atoms with Crippen molar-refractivity contribution in [3.8, 4) is 0 Å². The molecule has 2 aliphatic rings. The van der Waals surface area contributed by atoms with Crippen molar-refractivity contribution in [2.45, 2.75) is 81.7 Å². The second kappa shape index (κ2) is 11.7. The third kappa shape index (κ3) is 7.17. The Morgan fingerprint density at radius 3 is 1.75 bits per heavy atom. The lowest BCUT2D eigenvalue weighted by molar-refractivity contribution is -0.138. The number of Topliss-reactive ketones (excluding diaryl/α,β-unsaturated/α-hetero) is 1. The van der Waals surface area contributed by atoms with Crippen LogP contribution in [0.2, 0.25) is 10.0 Å². The summed E-state index contributed by atoms with van der Waals surface area (Å²) in [7, 11) is 0. The fourth-order valence-electron chi connectivity index (χ4n) is 4.80. The molecule has 3 atom stereocenters. The number of hydrogen-bond acceptors (Lipinski definition) is 2. The third-order valence-electron chi connectivity index (χ3n) is 6.71. The minimum absolute atomic E-state index is 0.0247. The third-order valence-corrected chi connectivity index (χ3v) is 7.37. The Morgan fingerprint density at radius 1 is 0.722 bits per heavy atom. The van der Waals surface area contributed by atoms with Crippen molar-refractivity contribution in [2.75, 3.05) is 0 Å². The molecule has 1 N–H and O–H groups in total. The largest absolute Gasteiger partial charge is 0.417 e. The van der Waals surface area contributed by atoms with Gasteiger partial charge in [-0.3, -0.25) is 4.79 Å². The summed E-state index contributed by atoms with van der Waals surface area (Å²) in [6.45, 7) is 0. The Hall–Kier alpha value is -1.77. The van der Waals surface area contributed by atoms with Crippen LogP contribution in [0.5, 0.6) is 0 Å². The van der Waals surface area contributed by atoms with Gasteiger partial charge in [-0.25, -0.2) is 0 Å². The molecule has 10 heteroatoms. The van der Waals surface area contributed by atoms with Crippen molar-refractivity contribution in [2.24, 2.45) is 0 Å². The summed E-state index contributed by atoms with van der Waals surface area (Å²) in [5.41, 5.74) is -0.727. The van der Waals surface area contributed by atoms with Gasteiger partial charge < -0.3 is 5.11 Å². The van der Waals surface area contributed by atoms with Gasteiger partial charge in [0.1, 0.15) is 5.78 Å². The molecule has 0 spiro atoms. The number of ketones is 1. The number of halogens is 8. The van der Waals surface area contributed by atoms with E-state index in [1.165, 1.54) is 18.2 Å². The Bertz CT molecular complexity index is 1070. The predicted molar refractivity (Wildman–Crippen MR) is 126 cm³/mol. The van der Waals surface area contributed by atoms with Gasteiger partial charge in [-0.15, -0.1) is 0 Å². The van der Waals surface area contributed by atoms with Gasteiger partial charge in [0.05, 0.1) is 27.3 Å². The molecule has 0 heterocycles. The molecule has 2 fully saturated rings. The van der Waals surface area contributed by atoms with Crippen molar-refractivity contribution < 1.29 is 36.2 Å². The van der Waals surface area contributed by atoms with Gasteiger partial charge >= 0.3 is 12.4 Å². The molecule has 0 bridgehead atoms. The summed E-state index contributed by atoms with van der Waals surface area (Å²) in [4.78, 5) is 11.7. The normalized spacial score (nSPS) is 23.1. The molecule has 0 radical (unpaired) electrons. The molecular formula is C26H26Cl2F6O2. The van der Waals surface area contributed by atoms with Crippen molar-refractivity contribution in [1.29, 1.82) is 0 Å². The first kappa shape index (κ1) is 28.8. The number of aliphatic hydroxyl groups is 1. The van der Waals surface area contributed by atoms with Gasteiger partial charge in [-0.05, 0) is 61.1 Å². The monoisotopic (exact) mass is 554 g/mol. The maximum absolute atomic E-state index is 12.7. The predicted octanol–water partition coefficient (Wildman–Crippen LogP) is 8.96. The van der Waals surface area contributed by atoms with Gasteiger partial charge in [0, 0.05) is 18.3 Å². The van der Waals surface area contributed by atoms with Gasteiger partial charge in [-0.2, -0.15) is 26.3 Å². The number of hydrogen-bond donors (Lipinski definition) is 1. The Labute approximate surface area is 215 Å². The van der Waals surface area contributed by atoms with E-state index in [1.807, 2.05) is 0 Å². The fourth-order valence-corrected chi connectivity index (χ4v) is 5.25. The minimum Gasteiger partial charge on any atom is -0.392 e. The topological polar surface area (TPSA) is 37.3 Å². The molecule has 0 saturated heterocycles. The smallest absolute Gasteiger partial charge is 0.392 e. The highest BCUT2D eigenvalue weighted by molar-refractivity contribution is 6.31. The van der Waals surface area contributed by atoms with Crippen LogP contribution in [0.25, 0.3) is 0 Å². The van der Waals surface area contributed by atoms with Crippen LogP contribution >= 0.6 is 23.2 Å². The summed E-state index contributed by atoms with van der Waals surface area (Å²) in [5, 5.41) is 9.25. The maximum Gasteiger partial charge on any atom is 0.417 e. The highest BCUT2D eigenvalue weighted by Gasteiger charge is 2.36. The summed E-state index contributed by atoms with van der Waals surface area (Å²) in [5.74, 6) is -0.592. The molecular weight excluding hydrogens is 529 g/mol. The standard InChI is InChI=1S/C13H14ClF3O.C13H12ClF3O/c2*14-11-6-5-8(7-10(11)13(15,16)17)9-3-1-2-4-12(9)18/h5-7,9,12,18H,1-4H2;5-7,9H,1-4H2. The first-order valence-corrected chi connectivity index (χ1v) is 12.5. The van der Waals surface area contributed by atoms with E-state index in [0.717, 1.165) is 44.2 Å². The fraction of sp³-hybridized carbons (Fsp3) is 0.500. The SMILES string of the molecule is O=C1CCCCC1c1ccc(Cl)c(C(F)(F)F)c1.OC1CCCCC1c1ccc(Cl)c(C(F)(F)F)c1. The van der Waals surface area contributed by atoms with Crippen LogP contribution in [0.1, 0.15) is 85.5 Å². The van der Waals surface area contributed by atoms with Crippen molar-refractivity contribution >= 4 is 29.0 Å². The van der Waals surface area contributed by atoms with Gasteiger partial charge in [0.25, 0.3) is 0 Å². The van der Waals surface area contributed by atoms with Gasteiger partial charge in [-0.1, -0.05) is 54.6 Å². The first-order valence-electron chi connectivity index (χ1n) is 11.7. The molecule has 4 rings (SSSR count). The van der Waals surface area contributed by atoms with Crippen LogP contribution in [-0.4, -0.2) is 17.0 Å².